The van der Waals surface area contributed by atoms with Gasteiger partial charge >= 0.3 is 0 Å². The van der Waals surface area contributed by atoms with Gasteiger partial charge in [0, 0.05) is 24.5 Å². The van der Waals surface area contributed by atoms with Gasteiger partial charge in [-0.2, -0.15) is 5.10 Å². The van der Waals surface area contributed by atoms with E-state index in [1.807, 2.05) is 19.1 Å². The number of benzene rings is 2. The van der Waals surface area contributed by atoms with Crippen LogP contribution in [-0.2, 0) is 4.79 Å². The van der Waals surface area contributed by atoms with Crippen molar-refractivity contribution in [1.29, 1.82) is 0 Å². The summed E-state index contributed by atoms with van der Waals surface area (Å²) in [6, 6.07) is 5.45. The van der Waals surface area contributed by atoms with Crippen LogP contribution in [0.3, 0.4) is 0 Å². The fraction of sp³-hybridized carbons (Fsp3) is 0.286. The standard InChI is InChI=1S/C21H18ClF2N5OS/c1-3-29(2)19-17(24)16(22)15(11-8-25-28-18(11)19)9-4-5-13-14(6-9)31-21(26-13)27-20(30)10-7-12(10)23/h4-6,8,10,12H,3,7H2,1-2H3,(H,25,28)(H,26,27,30)/t10-,12+/m1/s1. The molecule has 0 radical (unpaired) electrons. The van der Waals surface area contributed by atoms with Crippen molar-refractivity contribution in [3.8, 4) is 11.1 Å². The first-order valence-electron chi connectivity index (χ1n) is 9.80. The Morgan fingerprint density at radius 2 is 2.23 bits per heavy atom. The van der Waals surface area contributed by atoms with Gasteiger partial charge in [0.25, 0.3) is 0 Å². The molecule has 0 saturated heterocycles. The molecule has 2 atom stereocenters. The first kappa shape index (κ1) is 20.1. The van der Waals surface area contributed by atoms with Crippen molar-refractivity contribution in [2.45, 2.75) is 19.5 Å². The highest BCUT2D eigenvalue weighted by molar-refractivity contribution is 7.22. The SMILES string of the molecule is CCN(C)c1c(F)c(Cl)c(-c2ccc3nc(NC(=O)[C@@H]4C[C@@H]4F)sc3c2)c2cn[nH]c12. The molecule has 160 valence electrons. The van der Waals surface area contributed by atoms with Crippen LogP contribution in [-0.4, -0.2) is 40.9 Å². The van der Waals surface area contributed by atoms with Crippen LogP contribution in [0, 0.1) is 11.7 Å². The number of aromatic amines is 1. The molecule has 0 aliphatic heterocycles. The van der Waals surface area contributed by atoms with Crippen molar-refractivity contribution in [3.05, 3.63) is 35.2 Å². The van der Waals surface area contributed by atoms with Crippen molar-refractivity contribution in [2.75, 3.05) is 23.8 Å². The molecule has 0 bridgehead atoms. The molecule has 2 aromatic heterocycles. The smallest absolute Gasteiger partial charge is 0.232 e. The minimum atomic E-state index is -1.06. The maximum atomic E-state index is 15.3. The summed E-state index contributed by atoms with van der Waals surface area (Å²) in [6.45, 7) is 2.53. The van der Waals surface area contributed by atoms with E-state index in [9.17, 15) is 9.18 Å². The zero-order chi connectivity index (χ0) is 21.9. The van der Waals surface area contributed by atoms with Gasteiger partial charge in [-0.05, 0) is 31.0 Å². The Labute approximate surface area is 185 Å². The number of anilines is 2. The number of fused-ring (bicyclic) bond motifs is 2. The minimum Gasteiger partial charge on any atom is -0.371 e. The van der Waals surface area contributed by atoms with Crippen molar-refractivity contribution >= 4 is 60.8 Å². The first-order valence-corrected chi connectivity index (χ1v) is 11.0. The van der Waals surface area contributed by atoms with E-state index in [0.29, 0.717) is 44.9 Å². The number of hydrogen-bond acceptors (Lipinski definition) is 5. The summed E-state index contributed by atoms with van der Waals surface area (Å²) in [7, 11) is 1.79. The summed E-state index contributed by atoms with van der Waals surface area (Å²) in [6.07, 6.45) is 0.828. The van der Waals surface area contributed by atoms with Crippen LogP contribution in [0.2, 0.25) is 5.02 Å². The molecule has 10 heteroatoms. The highest BCUT2D eigenvalue weighted by Gasteiger charge is 2.43. The highest BCUT2D eigenvalue weighted by Crippen LogP contribution is 2.43. The number of amides is 1. The van der Waals surface area contributed by atoms with E-state index in [4.69, 9.17) is 11.6 Å². The molecule has 0 spiro atoms. The number of hydrogen-bond donors (Lipinski definition) is 2. The summed E-state index contributed by atoms with van der Waals surface area (Å²) in [5.74, 6) is -1.45. The van der Waals surface area contributed by atoms with Crippen molar-refractivity contribution in [1.82, 2.24) is 15.2 Å². The van der Waals surface area contributed by atoms with Gasteiger partial charge in [-0.25, -0.2) is 13.8 Å². The Hall–Kier alpha value is -2.78. The molecule has 1 amide bonds. The lowest BCUT2D eigenvalue weighted by molar-refractivity contribution is -0.117. The summed E-state index contributed by atoms with van der Waals surface area (Å²) in [5.41, 5.74) is 2.87. The van der Waals surface area contributed by atoms with Gasteiger partial charge in [0.15, 0.2) is 10.9 Å². The van der Waals surface area contributed by atoms with Gasteiger partial charge in [0.2, 0.25) is 5.91 Å². The Morgan fingerprint density at radius 1 is 1.45 bits per heavy atom. The molecule has 31 heavy (non-hydrogen) atoms. The molecule has 0 unspecified atom stereocenters. The third-order valence-electron chi connectivity index (χ3n) is 5.58. The molecule has 2 heterocycles. The summed E-state index contributed by atoms with van der Waals surface area (Å²) < 4.78 is 29.2. The second kappa shape index (κ2) is 7.42. The predicted molar refractivity (Wildman–Crippen MR) is 120 cm³/mol. The van der Waals surface area contributed by atoms with Crippen LogP contribution in [0.5, 0.6) is 0 Å². The topological polar surface area (TPSA) is 73.9 Å². The number of halogens is 3. The van der Waals surface area contributed by atoms with Gasteiger partial charge < -0.3 is 10.2 Å². The largest absolute Gasteiger partial charge is 0.371 e. The average Bonchev–Trinajstić information content (AvgIpc) is 3.12. The molecule has 2 N–H and O–H groups in total. The van der Waals surface area contributed by atoms with Crippen LogP contribution >= 0.6 is 22.9 Å². The third-order valence-corrected chi connectivity index (χ3v) is 6.87. The van der Waals surface area contributed by atoms with Crippen molar-refractivity contribution in [2.24, 2.45) is 5.92 Å². The van der Waals surface area contributed by atoms with E-state index in [-0.39, 0.29) is 17.4 Å². The summed E-state index contributed by atoms with van der Waals surface area (Å²) >= 11 is 7.78. The van der Waals surface area contributed by atoms with E-state index >= 15 is 4.39 Å². The number of rotatable bonds is 5. The number of nitrogens with one attached hydrogen (secondary N) is 2. The van der Waals surface area contributed by atoms with Crippen molar-refractivity contribution < 1.29 is 13.6 Å². The number of carbonyl (C=O) groups is 1. The second-order valence-corrected chi connectivity index (χ2v) is 8.98. The van der Waals surface area contributed by atoms with Crippen LogP contribution in [0.15, 0.2) is 24.4 Å². The molecule has 2 aromatic carbocycles. The normalized spacial score (nSPS) is 18.0. The predicted octanol–water partition coefficient (Wildman–Crippen LogP) is 5.38. The van der Waals surface area contributed by atoms with Crippen LogP contribution in [0.1, 0.15) is 13.3 Å². The Kier molecular flexibility index (Phi) is 4.82. The Bertz CT molecular complexity index is 1340. The van der Waals surface area contributed by atoms with E-state index in [1.54, 1.807) is 24.2 Å². The fourth-order valence-corrected chi connectivity index (χ4v) is 4.87. The maximum Gasteiger partial charge on any atom is 0.232 e. The monoisotopic (exact) mass is 461 g/mol. The first-order chi connectivity index (χ1) is 14.9. The van der Waals surface area contributed by atoms with Crippen LogP contribution < -0.4 is 10.2 Å². The molecular weight excluding hydrogens is 444 g/mol. The maximum absolute atomic E-state index is 15.3. The third kappa shape index (κ3) is 3.32. The van der Waals surface area contributed by atoms with E-state index < -0.39 is 17.9 Å². The van der Waals surface area contributed by atoms with Gasteiger partial charge in [-0.3, -0.25) is 9.89 Å². The summed E-state index contributed by atoms with van der Waals surface area (Å²) in [5, 5.41) is 10.8. The number of nitrogens with zero attached hydrogens (tertiary/aromatic N) is 3. The van der Waals surface area contributed by atoms with Gasteiger partial charge in [-0.15, -0.1) is 0 Å². The number of aromatic nitrogens is 3. The van der Waals surface area contributed by atoms with E-state index in [1.165, 1.54) is 11.3 Å². The molecule has 4 aromatic rings. The van der Waals surface area contributed by atoms with Gasteiger partial charge in [0.05, 0.1) is 32.9 Å². The second-order valence-electron chi connectivity index (χ2n) is 7.57. The Morgan fingerprint density at radius 3 is 2.94 bits per heavy atom. The number of H-pyrrole nitrogens is 1. The molecule has 6 nitrogen and oxygen atoms in total. The lowest BCUT2D eigenvalue weighted by Gasteiger charge is -2.20. The lowest BCUT2D eigenvalue weighted by Crippen LogP contribution is -2.18. The molecule has 1 saturated carbocycles. The number of thiazole rings is 1. The van der Waals surface area contributed by atoms with Gasteiger partial charge in [-0.1, -0.05) is 29.0 Å². The quantitative estimate of drug-likeness (QED) is 0.418. The van der Waals surface area contributed by atoms with Crippen LogP contribution in [0.25, 0.3) is 32.2 Å². The summed E-state index contributed by atoms with van der Waals surface area (Å²) in [4.78, 5) is 18.2. The zero-order valence-corrected chi connectivity index (χ0v) is 18.2. The molecule has 1 aliphatic rings. The number of carbonyl (C=O) groups excluding carboxylic acids is 1. The van der Waals surface area contributed by atoms with Crippen LogP contribution in [0.4, 0.5) is 19.6 Å². The van der Waals surface area contributed by atoms with E-state index in [0.717, 1.165) is 4.70 Å². The molecule has 1 fully saturated rings. The minimum absolute atomic E-state index is 0.0179. The lowest BCUT2D eigenvalue weighted by atomic mass is 10.00. The average molecular weight is 462 g/mol. The molecular formula is C21H18ClF2N5OS. The fourth-order valence-electron chi connectivity index (χ4n) is 3.66. The van der Waals surface area contributed by atoms with E-state index in [2.05, 4.69) is 20.5 Å². The molecule has 5 rings (SSSR count). The van der Waals surface area contributed by atoms with Gasteiger partial charge in [0.1, 0.15) is 11.9 Å². The molecule has 1 aliphatic carbocycles. The number of alkyl halides is 1. The Balaban J connectivity index is 1.58. The van der Waals surface area contributed by atoms with Crippen molar-refractivity contribution in [3.63, 3.8) is 0 Å². The zero-order valence-electron chi connectivity index (χ0n) is 16.7. The highest BCUT2D eigenvalue weighted by atomic mass is 35.5.